The van der Waals surface area contributed by atoms with Gasteiger partial charge >= 0.3 is 9.28 Å². The lowest BCUT2D eigenvalue weighted by Crippen LogP contribution is -2.22. The van der Waals surface area contributed by atoms with E-state index in [0.29, 0.717) is 0 Å². The predicted octanol–water partition coefficient (Wildman–Crippen LogP) is 4.40. The molecule has 1 rings (SSSR count). The van der Waals surface area contributed by atoms with E-state index in [-0.39, 0.29) is 0 Å². The average Bonchev–Trinajstić information content (AvgIpc) is 2.34. The maximum absolute atomic E-state index is 5.85. The molecular formula is C15H30O2Si. The molecule has 2 atom stereocenters. The quantitative estimate of drug-likeness (QED) is 0.433. The first-order valence-electron chi connectivity index (χ1n) is 7.65. The fourth-order valence-electron chi connectivity index (χ4n) is 2.34. The third kappa shape index (κ3) is 6.05. The summed E-state index contributed by atoms with van der Waals surface area (Å²) in [4.78, 5) is 0. The largest absolute Gasteiger partial charge is 0.529 e. The highest BCUT2D eigenvalue weighted by Gasteiger charge is 2.19. The lowest BCUT2D eigenvalue weighted by Gasteiger charge is -2.22. The molecule has 0 aromatic carbocycles. The summed E-state index contributed by atoms with van der Waals surface area (Å²) in [6.45, 7) is 4.54. The lowest BCUT2D eigenvalue weighted by molar-refractivity contribution is 0.287. The summed E-state index contributed by atoms with van der Waals surface area (Å²) in [6, 6.07) is 1.15. The Balaban J connectivity index is 2.23. The van der Waals surface area contributed by atoms with E-state index in [9.17, 15) is 0 Å². The van der Waals surface area contributed by atoms with Gasteiger partial charge in [0.25, 0.3) is 0 Å². The molecule has 0 heterocycles. The smallest absolute Gasteiger partial charge is 0.381 e. The zero-order chi connectivity index (χ0) is 13.2. The van der Waals surface area contributed by atoms with Crippen LogP contribution in [0.2, 0.25) is 6.04 Å². The Bertz CT molecular complexity index is 227. The molecule has 0 aromatic rings. The Morgan fingerprint density at radius 1 is 1.33 bits per heavy atom. The van der Waals surface area contributed by atoms with Crippen LogP contribution >= 0.6 is 0 Å². The summed E-state index contributed by atoms with van der Waals surface area (Å²) >= 11 is 0. The third-order valence-corrected chi connectivity index (χ3v) is 6.10. The molecule has 0 aliphatic heterocycles. The van der Waals surface area contributed by atoms with Gasteiger partial charge in [-0.2, -0.15) is 0 Å². The Hall–Kier alpha value is -0.283. The number of allylic oxidation sites excluding steroid dienone is 1. The molecular weight excluding hydrogens is 240 g/mol. The van der Waals surface area contributed by atoms with Crippen LogP contribution in [0.4, 0.5) is 0 Å². The second kappa shape index (κ2) is 9.62. The maximum Gasteiger partial charge on any atom is 0.381 e. The van der Waals surface area contributed by atoms with E-state index in [4.69, 9.17) is 8.85 Å². The van der Waals surface area contributed by atoms with E-state index in [2.05, 4.69) is 19.9 Å². The molecule has 1 aliphatic rings. The fraction of sp³-hybridized carbons (Fsp3) is 0.867. The van der Waals surface area contributed by atoms with E-state index < -0.39 is 9.28 Å². The van der Waals surface area contributed by atoms with Crippen LogP contribution in [0.1, 0.15) is 58.8 Å². The van der Waals surface area contributed by atoms with Crippen molar-refractivity contribution in [1.29, 1.82) is 0 Å². The molecule has 0 bridgehead atoms. The molecule has 1 aliphatic carbocycles. The van der Waals surface area contributed by atoms with E-state index in [1.54, 1.807) is 7.11 Å². The molecule has 2 nitrogen and oxygen atoms in total. The molecule has 0 spiro atoms. The second-order valence-electron chi connectivity index (χ2n) is 5.47. The van der Waals surface area contributed by atoms with Gasteiger partial charge in [0.05, 0.1) is 6.26 Å². The van der Waals surface area contributed by atoms with Gasteiger partial charge in [0.2, 0.25) is 0 Å². The predicted molar refractivity (Wildman–Crippen MR) is 79.8 cm³/mol. The number of hydrogen-bond donors (Lipinski definition) is 0. The van der Waals surface area contributed by atoms with Gasteiger partial charge in [0.15, 0.2) is 0 Å². The summed E-state index contributed by atoms with van der Waals surface area (Å²) in [6.07, 6.45) is 13.4. The molecule has 1 fully saturated rings. The summed E-state index contributed by atoms with van der Waals surface area (Å²) < 4.78 is 11.4. The molecule has 2 unspecified atom stereocenters. The Kier molecular flexibility index (Phi) is 8.43. The van der Waals surface area contributed by atoms with E-state index in [1.807, 2.05) is 6.26 Å². The minimum atomic E-state index is -1.46. The highest BCUT2D eigenvalue weighted by molar-refractivity contribution is 6.44. The van der Waals surface area contributed by atoms with E-state index >= 15 is 0 Å². The SMILES string of the molecule is CCCCC(CC)C[SiH](OC)OC=CC1CCC1. The van der Waals surface area contributed by atoms with Crippen LogP contribution in [0, 0.1) is 11.8 Å². The summed E-state index contributed by atoms with van der Waals surface area (Å²) in [5, 5.41) is 0. The van der Waals surface area contributed by atoms with Gasteiger partial charge in [-0.1, -0.05) is 46.0 Å². The molecule has 1 saturated carbocycles. The molecule has 0 N–H and O–H groups in total. The van der Waals surface area contributed by atoms with Gasteiger partial charge in [0, 0.05) is 13.2 Å². The Morgan fingerprint density at radius 3 is 2.61 bits per heavy atom. The number of unbranched alkanes of at least 4 members (excludes halogenated alkanes) is 1. The first-order valence-corrected chi connectivity index (χ1v) is 9.41. The minimum Gasteiger partial charge on any atom is -0.529 e. The van der Waals surface area contributed by atoms with Crippen molar-refractivity contribution in [3.05, 3.63) is 12.3 Å². The lowest BCUT2D eigenvalue weighted by atomic mass is 9.86. The van der Waals surface area contributed by atoms with Crippen LogP contribution in [0.5, 0.6) is 0 Å². The van der Waals surface area contributed by atoms with Crippen molar-refractivity contribution >= 4 is 9.28 Å². The summed E-state index contributed by atoms with van der Waals surface area (Å²) in [5.41, 5.74) is 0. The van der Waals surface area contributed by atoms with Crippen molar-refractivity contribution < 1.29 is 8.85 Å². The maximum atomic E-state index is 5.85. The van der Waals surface area contributed by atoms with Crippen molar-refractivity contribution in [1.82, 2.24) is 0 Å². The first-order chi connectivity index (χ1) is 8.80. The third-order valence-electron chi connectivity index (χ3n) is 4.06. The van der Waals surface area contributed by atoms with Crippen LogP contribution < -0.4 is 0 Å². The molecule has 106 valence electrons. The fourth-order valence-corrected chi connectivity index (χ4v) is 4.13. The molecule has 18 heavy (non-hydrogen) atoms. The Morgan fingerprint density at radius 2 is 2.11 bits per heavy atom. The van der Waals surface area contributed by atoms with Crippen molar-refractivity contribution in [2.75, 3.05) is 7.11 Å². The van der Waals surface area contributed by atoms with Gasteiger partial charge in [-0.3, -0.25) is 0 Å². The highest BCUT2D eigenvalue weighted by atomic mass is 28.3. The van der Waals surface area contributed by atoms with Crippen LogP contribution in [0.15, 0.2) is 12.3 Å². The number of rotatable bonds is 10. The van der Waals surface area contributed by atoms with Gasteiger partial charge < -0.3 is 8.85 Å². The molecule has 0 aromatic heterocycles. The van der Waals surface area contributed by atoms with Gasteiger partial charge in [-0.05, 0) is 30.8 Å². The standard InChI is InChI=1S/C15H30O2Si/c1-4-6-8-14(5-2)13-18(16-3)17-12-11-15-9-7-10-15/h11-12,14-15,18H,4-10,13H2,1-3H3. The van der Waals surface area contributed by atoms with Crippen molar-refractivity contribution in [3.8, 4) is 0 Å². The summed E-state index contributed by atoms with van der Waals surface area (Å²) in [7, 11) is 0.342. The van der Waals surface area contributed by atoms with Gasteiger partial charge in [-0.15, -0.1) is 0 Å². The number of hydrogen-bond acceptors (Lipinski definition) is 2. The Labute approximate surface area is 115 Å². The monoisotopic (exact) mass is 270 g/mol. The van der Waals surface area contributed by atoms with E-state index in [1.165, 1.54) is 44.9 Å². The molecule has 0 amide bonds. The van der Waals surface area contributed by atoms with Crippen LogP contribution in [0.25, 0.3) is 0 Å². The normalized spacial score (nSPS) is 19.7. The highest BCUT2D eigenvalue weighted by Crippen LogP contribution is 2.27. The zero-order valence-electron chi connectivity index (χ0n) is 12.4. The van der Waals surface area contributed by atoms with Gasteiger partial charge in [0.1, 0.15) is 0 Å². The average molecular weight is 270 g/mol. The molecule has 3 heteroatoms. The minimum absolute atomic E-state index is 0.776. The van der Waals surface area contributed by atoms with Crippen LogP contribution in [-0.2, 0) is 8.85 Å². The topological polar surface area (TPSA) is 18.5 Å². The van der Waals surface area contributed by atoms with Crippen molar-refractivity contribution in [3.63, 3.8) is 0 Å². The second-order valence-corrected chi connectivity index (χ2v) is 7.55. The van der Waals surface area contributed by atoms with Gasteiger partial charge in [-0.25, -0.2) is 0 Å². The summed E-state index contributed by atoms with van der Waals surface area (Å²) in [5.74, 6) is 1.57. The van der Waals surface area contributed by atoms with Crippen molar-refractivity contribution in [2.24, 2.45) is 11.8 Å². The van der Waals surface area contributed by atoms with Crippen molar-refractivity contribution in [2.45, 2.75) is 64.8 Å². The zero-order valence-corrected chi connectivity index (χ0v) is 13.5. The molecule has 0 radical (unpaired) electrons. The molecule has 0 saturated heterocycles. The van der Waals surface area contributed by atoms with E-state index in [0.717, 1.165) is 17.9 Å². The van der Waals surface area contributed by atoms with Crippen LogP contribution in [0.3, 0.4) is 0 Å². The first kappa shape index (κ1) is 15.8. The van der Waals surface area contributed by atoms with Crippen LogP contribution in [-0.4, -0.2) is 16.4 Å².